The van der Waals surface area contributed by atoms with Gasteiger partial charge in [0, 0.05) is 18.5 Å². The predicted molar refractivity (Wildman–Crippen MR) is 86.7 cm³/mol. The highest BCUT2D eigenvalue weighted by molar-refractivity contribution is 7.89. The fourth-order valence-corrected chi connectivity index (χ4v) is 3.12. The van der Waals surface area contributed by atoms with Crippen molar-refractivity contribution >= 4 is 27.8 Å². The van der Waals surface area contributed by atoms with Gasteiger partial charge in [-0.2, -0.15) is 0 Å². The third-order valence-corrected chi connectivity index (χ3v) is 4.82. The fourth-order valence-electron chi connectivity index (χ4n) is 2.18. The Morgan fingerprint density at radius 1 is 1.21 bits per heavy atom. The number of carboxylic acids is 1. The highest BCUT2D eigenvalue weighted by Gasteiger charge is 2.38. The summed E-state index contributed by atoms with van der Waals surface area (Å²) in [4.78, 5) is 35.9. The van der Waals surface area contributed by atoms with E-state index in [2.05, 4.69) is 10.0 Å². The van der Waals surface area contributed by atoms with Crippen LogP contribution in [-0.2, 0) is 24.4 Å². The van der Waals surface area contributed by atoms with Crippen LogP contribution in [0.1, 0.15) is 40.0 Å². The van der Waals surface area contributed by atoms with Crippen LogP contribution < -0.4 is 10.0 Å². The first-order valence-corrected chi connectivity index (χ1v) is 9.49. The van der Waals surface area contributed by atoms with Crippen molar-refractivity contribution in [3.8, 4) is 0 Å². The summed E-state index contributed by atoms with van der Waals surface area (Å²) in [6.07, 6.45) is 1.13. The molecule has 1 aliphatic rings. The largest absolute Gasteiger partial charge is 0.480 e. The molecule has 9 nitrogen and oxygen atoms in total. The second-order valence-corrected chi connectivity index (χ2v) is 8.09. The Morgan fingerprint density at radius 2 is 1.79 bits per heavy atom. The van der Waals surface area contributed by atoms with Crippen molar-refractivity contribution < 1.29 is 27.9 Å². The number of rotatable bonds is 10. The quantitative estimate of drug-likeness (QED) is 0.469. The van der Waals surface area contributed by atoms with Crippen molar-refractivity contribution in [2.45, 2.75) is 58.2 Å². The highest BCUT2D eigenvalue weighted by atomic mass is 32.2. The first-order chi connectivity index (χ1) is 11.0. The van der Waals surface area contributed by atoms with Crippen LogP contribution in [0.15, 0.2) is 0 Å². The molecule has 0 heterocycles. The van der Waals surface area contributed by atoms with Gasteiger partial charge in [-0.3, -0.25) is 9.59 Å². The van der Waals surface area contributed by atoms with Crippen molar-refractivity contribution in [2.24, 2.45) is 0 Å². The number of amides is 2. The summed E-state index contributed by atoms with van der Waals surface area (Å²) in [7, 11) is -3.80. The molecule has 0 aliphatic heterocycles. The second kappa shape index (κ2) is 8.43. The third-order valence-electron chi connectivity index (χ3n) is 3.49. The molecule has 1 aliphatic carbocycles. The molecule has 3 N–H and O–H groups in total. The molecule has 0 spiro atoms. The lowest BCUT2D eigenvalue weighted by atomic mass is 10.2. The zero-order chi connectivity index (χ0) is 18.5. The summed E-state index contributed by atoms with van der Waals surface area (Å²) in [6, 6.07) is -1.22. The van der Waals surface area contributed by atoms with Crippen LogP contribution in [0.3, 0.4) is 0 Å². The summed E-state index contributed by atoms with van der Waals surface area (Å²) in [5.74, 6) is -2.58. The van der Waals surface area contributed by atoms with E-state index in [1.807, 2.05) is 0 Å². The molecule has 0 saturated heterocycles. The van der Waals surface area contributed by atoms with Crippen LogP contribution in [-0.4, -0.2) is 66.6 Å². The first kappa shape index (κ1) is 20.4. The molecule has 138 valence electrons. The molecule has 0 aromatic heterocycles. The minimum atomic E-state index is -3.80. The minimum absolute atomic E-state index is 0.104. The summed E-state index contributed by atoms with van der Waals surface area (Å²) in [6.45, 7) is 4.51. The van der Waals surface area contributed by atoms with Crippen LogP contribution in [0.25, 0.3) is 0 Å². The highest BCUT2D eigenvalue weighted by Crippen LogP contribution is 2.29. The van der Waals surface area contributed by atoms with Gasteiger partial charge in [-0.05, 0) is 33.6 Å². The van der Waals surface area contributed by atoms with E-state index in [9.17, 15) is 22.8 Å². The number of aliphatic carboxylic acids is 1. The summed E-state index contributed by atoms with van der Waals surface area (Å²) >= 11 is 0. The lowest BCUT2D eigenvalue weighted by molar-refractivity contribution is -0.149. The zero-order valence-corrected chi connectivity index (χ0v) is 14.9. The van der Waals surface area contributed by atoms with Crippen molar-refractivity contribution in [3.05, 3.63) is 0 Å². The van der Waals surface area contributed by atoms with E-state index in [0.29, 0.717) is 0 Å². The van der Waals surface area contributed by atoms with Gasteiger partial charge in [0.2, 0.25) is 21.8 Å². The van der Waals surface area contributed by atoms with E-state index >= 15 is 0 Å². The zero-order valence-electron chi connectivity index (χ0n) is 14.1. The molecule has 0 radical (unpaired) electrons. The number of carbonyl (C=O) groups excluding carboxylic acids is 2. The van der Waals surface area contributed by atoms with Crippen LogP contribution in [0.2, 0.25) is 0 Å². The van der Waals surface area contributed by atoms with E-state index < -0.39 is 46.1 Å². The van der Waals surface area contributed by atoms with Gasteiger partial charge in [0.25, 0.3) is 0 Å². The van der Waals surface area contributed by atoms with Crippen molar-refractivity contribution in [3.63, 3.8) is 0 Å². The molecule has 2 amide bonds. The average Bonchev–Trinajstić information content (AvgIpc) is 3.27. The van der Waals surface area contributed by atoms with Gasteiger partial charge in [0.05, 0.1) is 12.3 Å². The average molecular weight is 363 g/mol. The molecule has 1 rings (SSSR count). The Balaban J connectivity index is 2.51. The van der Waals surface area contributed by atoms with Crippen LogP contribution >= 0.6 is 0 Å². The second-order valence-electron chi connectivity index (χ2n) is 6.16. The normalized spacial score (nSPS) is 15.8. The van der Waals surface area contributed by atoms with E-state index in [4.69, 9.17) is 5.11 Å². The van der Waals surface area contributed by atoms with E-state index in [1.54, 1.807) is 13.8 Å². The molecule has 1 atom stereocenters. The predicted octanol–water partition coefficient (Wildman–Crippen LogP) is -0.715. The monoisotopic (exact) mass is 363 g/mol. The van der Waals surface area contributed by atoms with Crippen molar-refractivity contribution in [2.75, 3.05) is 12.3 Å². The van der Waals surface area contributed by atoms with Gasteiger partial charge in [-0.25, -0.2) is 17.9 Å². The number of hydrogen-bond acceptors (Lipinski definition) is 5. The molecule has 0 aromatic rings. The summed E-state index contributed by atoms with van der Waals surface area (Å²) < 4.78 is 25.8. The van der Waals surface area contributed by atoms with Gasteiger partial charge in [-0.1, -0.05) is 0 Å². The maximum atomic E-state index is 12.2. The Kier molecular flexibility index (Phi) is 7.15. The Labute approximate surface area is 141 Å². The smallest absolute Gasteiger partial charge is 0.326 e. The number of nitrogens with one attached hydrogen (secondary N) is 2. The summed E-state index contributed by atoms with van der Waals surface area (Å²) in [5.41, 5.74) is 0. The van der Waals surface area contributed by atoms with Crippen molar-refractivity contribution in [1.82, 2.24) is 14.9 Å². The van der Waals surface area contributed by atoms with Gasteiger partial charge >= 0.3 is 5.97 Å². The number of carboxylic acid groups (broad SMARTS) is 1. The number of hydrogen-bond donors (Lipinski definition) is 3. The maximum Gasteiger partial charge on any atom is 0.326 e. The van der Waals surface area contributed by atoms with Gasteiger partial charge in [-0.15, -0.1) is 0 Å². The molecule has 0 aromatic carbocycles. The Bertz CT molecular complexity index is 585. The molecular formula is C14H25N3O6S. The lowest BCUT2D eigenvalue weighted by Crippen LogP contribution is -2.46. The molecule has 1 unspecified atom stereocenters. The minimum Gasteiger partial charge on any atom is -0.480 e. The standard InChI is InChI=1S/C14H25N3O6S/c1-9(2)16-12(18)8-15-24(22,23)7-6-13(19)17(11-4-5-11)10(3)14(20)21/h9-11,15H,4-8H2,1-3H3,(H,16,18)(H,20,21). The number of carbonyl (C=O) groups is 3. The van der Waals surface area contributed by atoms with E-state index in [1.165, 1.54) is 11.8 Å². The van der Waals surface area contributed by atoms with E-state index in [-0.39, 0.29) is 18.5 Å². The van der Waals surface area contributed by atoms with Crippen LogP contribution in [0.4, 0.5) is 0 Å². The molecule has 0 bridgehead atoms. The lowest BCUT2D eigenvalue weighted by Gasteiger charge is -2.26. The van der Waals surface area contributed by atoms with Crippen LogP contribution in [0, 0.1) is 0 Å². The number of sulfonamides is 1. The summed E-state index contributed by atoms with van der Waals surface area (Å²) in [5, 5.41) is 11.6. The SMILES string of the molecule is CC(C)NC(=O)CNS(=O)(=O)CCC(=O)N(C1CC1)C(C)C(=O)O. The molecule has 1 saturated carbocycles. The van der Waals surface area contributed by atoms with E-state index in [0.717, 1.165) is 12.8 Å². The number of nitrogens with zero attached hydrogens (tertiary/aromatic N) is 1. The van der Waals surface area contributed by atoms with Crippen LogP contribution in [0.5, 0.6) is 0 Å². The topological polar surface area (TPSA) is 133 Å². The molecule has 1 fully saturated rings. The van der Waals surface area contributed by atoms with Gasteiger partial charge in [0.1, 0.15) is 6.04 Å². The van der Waals surface area contributed by atoms with Gasteiger partial charge < -0.3 is 15.3 Å². The fraction of sp³-hybridized carbons (Fsp3) is 0.786. The molecule has 10 heteroatoms. The Hall–Kier alpha value is -1.68. The van der Waals surface area contributed by atoms with Crippen molar-refractivity contribution in [1.29, 1.82) is 0 Å². The molecular weight excluding hydrogens is 338 g/mol. The third kappa shape index (κ3) is 6.83. The van der Waals surface area contributed by atoms with Gasteiger partial charge in [0.15, 0.2) is 0 Å². The molecule has 24 heavy (non-hydrogen) atoms. The maximum absolute atomic E-state index is 12.2. The first-order valence-electron chi connectivity index (χ1n) is 7.84. The Morgan fingerprint density at radius 3 is 2.25 bits per heavy atom.